The molecule has 0 bridgehead atoms. The van der Waals surface area contributed by atoms with Gasteiger partial charge in [-0.25, -0.2) is 4.85 Å². The molecule has 6 heteroatoms. The molecule has 0 unspecified atom stereocenters. The third-order valence-corrected chi connectivity index (χ3v) is 16.1. The molecular formula is C62H34N4S2. The van der Waals surface area contributed by atoms with Crippen LogP contribution < -0.4 is 0 Å². The van der Waals surface area contributed by atoms with E-state index in [1.54, 1.807) is 11.3 Å². The fourth-order valence-electron chi connectivity index (χ4n) is 11.0. The SMILES string of the molecule is [C-]#[N+]c1c(-c2ccccc2)c(C#N)c(-n2c3c(ccc4c5ccccc5sc43)c3cc(-c4ccccc4)c4c5ccccc5sc4c32)c(-c2ccccc2)c1-n1c2ccccc2c2ccccc21. The minimum absolute atomic E-state index is 0.424. The Bertz CT molecular complexity index is 4450. The van der Waals surface area contributed by atoms with Crippen LogP contribution in [-0.2, 0) is 0 Å². The number of nitrogens with zero attached hydrogens (tertiary/aromatic N) is 4. The summed E-state index contributed by atoms with van der Waals surface area (Å²) in [6.45, 7) is 9.28. The van der Waals surface area contributed by atoms with Gasteiger partial charge in [-0.15, -0.1) is 22.7 Å². The van der Waals surface area contributed by atoms with Crippen LogP contribution in [0.4, 0.5) is 5.69 Å². The number of nitriles is 1. The van der Waals surface area contributed by atoms with Crippen molar-refractivity contribution in [1.29, 1.82) is 5.26 Å². The Balaban J connectivity index is 1.32. The molecule has 0 saturated carbocycles. The maximum Gasteiger partial charge on any atom is 0.220 e. The Morgan fingerprint density at radius 2 is 0.926 bits per heavy atom. The van der Waals surface area contributed by atoms with E-state index in [2.05, 4.69) is 190 Å². The fourth-order valence-corrected chi connectivity index (χ4v) is 13.5. The van der Waals surface area contributed by atoms with Crippen LogP contribution in [0.5, 0.6) is 0 Å². The predicted octanol–water partition coefficient (Wildman–Crippen LogP) is 18.0. The van der Waals surface area contributed by atoms with Crippen LogP contribution in [0, 0.1) is 17.9 Å². The molecule has 0 N–H and O–H groups in total. The Kier molecular flexibility index (Phi) is 8.42. The van der Waals surface area contributed by atoms with E-state index in [-0.39, 0.29) is 0 Å². The highest BCUT2D eigenvalue weighted by Crippen LogP contribution is 2.55. The summed E-state index contributed by atoms with van der Waals surface area (Å²) in [5, 5.41) is 21.3. The number of benzene rings is 10. The topological polar surface area (TPSA) is 38.0 Å². The highest BCUT2D eigenvalue weighted by atomic mass is 32.1. The van der Waals surface area contributed by atoms with Crippen molar-refractivity contribution < 1.29 is 0 Å². The maximum absolute atomic E-state index is 12.1. The first-order chi connectivity index (χ1) is 33.7. The molecule has 14 rings (SSSR count). The van der Waals surface area contributed by atoms with Gasteiger partial charge in [-0.05, 0) is 52.6 Å². The van der Waals surface area contributed by atoms with Crippen molar-refractivity contribution in [2.45, 2.75) is 0 Å². The van der Waals surface area contributed by atoms with Gasteiger partial charge in [-0.1, -0.05) is 176 Å². The molecule has 0 aliphatic heterocycles. The average Bonchev–Trinajstić information content (AvgIpc) is 4.16. The van der Waals surface area contributed by atoms with E-state index in [0.29, 0.717) is 16.8 Å². The number of aromatic nitrogens is 2. The van der Waals surface area contributed by atoms with Gasteiger partial charge in [0.2, 0.25) is 5.69 Å². The Morgan fingerprint density at radius 1 is 0.426 bits per heavy atom. The molecule has 0 fully saturated rings. The average molecular weight is 899 g/mol. The molecule has 68 heavy (non-hydrogen) atoms. The molecule has 14 aromatic rings. The summed E-state index contributed by atoms with van der Waals surface area (Å²) in [7, 11) is 0. The van der Waals surface area contributed by atoms with Gasteiger partial charge in [0, 0.05) is 63.6 Å². The fraction of sp³-hybridized carbons (Fsp3) is 0. The van der Waals surface area contributed by atoms with E-state index in [1.165, 1.54) is 36.5 Å². The smallest absolute Gasteiger partial charge is 0.220 e. The molecule has 4 nitrogen and oxygen atoms in total. The molecule has 0 radical (unpaired) electrons. The summed E-state index contributed by atoms with van der Waals surface area (Å²) < 4.78 is 9.43. The molecule has 0 saturated heterocycles. The third kappa shape index (κ3) is 5.33. The van der Waals surface area contributed by atoms with E-state index in [9.17, 15) is 11.8 Å². The Morgan fingerprint density at radius 3 is 1.56 bits per heavy atom. The van der Waals surface area contributed by atoms with Crippen LogP contribution in [0.15, 0.2) is 206 Å². The van der Waals surface area contributed by atoms with Crippen molar-refractivity contribution in [2.24, 2.45) is 0 Å². The molecule has 0 atom stereocenters. The second-order valence-electron chi connectivity index (χ2n) is 17.3. The van der Waals surface area contributed by atoms with E-state index < -0.39 is 0 Å². The molecule has 0 amide bonds. The van der Waals surface area contributed by atoms with Gasteiger partial charge in [0.1, 0.15) is 6.07 Å². The summed E-state index contributed by atoms with van der Waals surface area (Å²) in [5.74, 6) is 0. The van der Waals surface area contributed by atoms with E-state index >= 15 is 0 Å². The van der Waals surface area contributed by atoms with Crippen molar-refractivity contribution in [3.05, 3.63) is 223 Å². The molecule has 4 heterocycles. The second-order valence-corrected chi connectivity index (χ2v) is 19.4. The summed E-state index contributed by atoms with van der Waals surface area (Å²) in [5.41, 5.74) is 11.9. The van der Waals surface area contributed by atoms with Gasteiger partial charge in [-0.2, -0.15) is 5.26 Å². The number of rotatable bonds is 5. The summed E-state index contributed by atoms with van der Waals surface area (Å²) in [6, 6.07) is 75.5. The minimum atomic E-state index is 0.424. The number of hydrogen-bond donors (Lipinski definition) is 0. The molecular weight excluding hydrogens is 865 g/mol. The van der Waals surface area contributed by atoms with Gasteiger partial charge in [-0.3, -0.25) is 0 Å². The minimum Gasteiger partial charge on any atom is -0.318 e. The van der Waals surface area contributed by atoms with Crippen LogP contribution in [0.2, 0.25) is 0 Å². The Labute approximate surface area is 398 Å². The van der Waals surface area contributed by atoms with Crippen LogP contribution in [0.25, 0.3) is 134 Å². The molecule has 4 aromatic heterocycles. The van der Waals surface area contributed by atoms with Gasteiger partial charge < -0.3 is 9.13 Å². The molecule has 0 aliphatic rings. The van der Waals surface area contributed by atoms with Gasteiger partial charge in [0.15, 0.2) is 0 Å². The highest BCUT2D eigenvalue weighted by molar-refractivity contribution is 7.27. The lowest BCUT2D eigenvalue weighted by Crippen LogP contribution is -2.09. The van der Waals surface area contributed by atoms with Crippen molar-refractivity contribution in [3.8, 4) is 50.8 Å². The van der Waals surface area contributed by atoms with Gasteiger partial charge in [0.05, 0.1) is 55.0 Å². The molecule has 0 spiro atoms. The van der Waals surface area contributed by atoms with Crippen molar-refractivity contribution in [3.63, 3.8) is 0 Å². The van der Waals surface area contributed by atoms with E-state index in [4.69, 9.17) is 0 Å². The number of hydrogen-bond acceptors (Lipinski definition) is 3. The maximum atomic E-state index is 12.1. The quantitative estimate of drug-likeness (QED) is 0.159. The largest absolute Gasteiger partial charge is 0.318 e. The summed E-state index contributed by atoms with van der Waals surface area (Å²) in [6.07, 6.45) is 0. The standard InChI is InChI=1S/C62H34N4S2/c1-64-56-53(38-21-7-3-8-22-38)48(36-63)57(54(39-23-9-4-10-24-39)60(56)65-49-29-15-11-25-40(49)41-26-12-16-30-50(41)65)66-58-43(33-34-44-42-27-13-17-31-51(42)67-61(44)58)47-35-46(37-19-5-2-6-20-37)55-45-28-14-18-32-52(45)68-62(55)59(47)66/h2-35H. The first-order valence-electron chi connectivity index (χ1n) is 22.6. The molecule has 0 aliphatic carbocycles. The highest BCUT2D eigenvalue weighted by Gasteiger charge is 2.33. The zero-order valence-corrected chi connectivity index (χ0v) is 37.9. The number of fused-ring (bicyclic) bond motifs is 14. The monoisotopic (exact) mass is 898 g/mol. The zero-order valence-electron chi connectivity index (χ0n) is 36.2. The lowest BCUT2D eigenvalue weighted by Gasteiger charge is -2.26. The lowest BCUT2D eigenvalue weighted by atomic mass is 9.88. The summed E-state index contributed by atoms with van der Waals surface area (Å²) in [4.78, 5) is 4.53. The zero-order chi connectivity index (χ0) is 45.0. The van der Waals surface area contributed by atoms with Crippen LogP contribution in [0.1, 0.15) is 5.56 Å². The number of para-hydroxylation sites is 2. The molecule has 10 aromatic carbocycles. The van der Waals surface area contributed by atoms with E-state index in [1.807, 2.05) is 47.7 Å². The molecule has 314 valence electrons. The Hall–Kier alpha value is -8.78. The van der Waals surface area contributed by atoms with Gasteiger partial charge >= 0.3 is 0 Å². The number of thiophene rings is 2. The van der Waals surface area contributed by atoms with Crippen molar-refractivity contribution in [2.75, 3.05) is 0 Å². The normalized spacial score (nSPS) is 11.8. The van der Waals surface area contributed by atoms with Crippen LogP contribution in [-0.4, -0.2) is 9.13 Å². The predicted molar refractivity (Wildman–Crippen MR) is 288 cm³/mol. The third-order valence-electron chi connectivity index (χ3n) is 13.8. The van der Waals surface area contributed by atoms with Crippen LogP contribution >= 0.6 is 22.7 Å². The summed E-state index contributed by atoms with van der Waals surface area (Å²) >= 11 is 3.61. The first kappa shape index (κ1) is 38.5. The second kappa shape index (κ2) is 14.9. The van der Waals surface area contributed by atoms with Crippen molar-refractivity contribution >= 4 is 112 Å². The lowest BCUT2D eigenvalue weighted by molar-refractivity contribution is 1.14. The van der Waals surface area contributed by atoms with Gasteiger partial charge in [0.25, 0.3) is 0 Å². The van der Waals surface area contributed by atoms with E-state index in [0.717, 1.165) is 86.6 Å². The van der Waals surface area contributed by atoms with Crippen molar-refractivity contribution in [1.82, 2.24) is 9.13 Å². The first-order valence-corrected chi connectivity index (χ1v) is 24.2. The van der Waals surface area contributed by atoms with Crippen LogP contribution in [0.3, 0.4) is 0 Å².